The van der Waals surface area contributed by atoms with Crippen molar-refractivity contribution in [3.8, 4) is 0 Å². The molecule has 11 heteroatoms. The molecule has 2 saturated heterocycles. The van der Waals surface area contributed by atoms with E-state index in [1.807, 2.05) is 0 Å². The van der Waals surface area contributed by atoms with E-state index in [0.717, 1.165) is 12.8 Å². The van der Waals surface area contributed by atoms with Gasteiger partial charge in [-0.1, -0.05) is 93.7 Å². The molecule has 0 aromatic rings. The molecule has 0 saturated carbocycles. The molecule has 7 nitrogen and oxygen atoms in total. The molecule has 0 amide bonds. The lowest BCUT2D eigenvalue weighted by Crippen LogP contribution is -2.69. The third kappa shape index (κ3) is 10.7. The van der Waals surface area contributed by atoms with Crippen molar-refractivity contribution in [3.05, 3.63) is 11.8 Å². The van der Waals surface area contributed by atoms with Crippen LogP contribution in [-0.4, -0.2) is 88.8 Å². The first kappa shape index (κ1) is 42.0. The van der Waals surface area contributed by atoms with Crippen LogP contribution in [-0.2, 0) is 32.3 Å². The molecule has 2 aliphatic rings. The number of carbonyl (C=O) groups is 1. The second-order valence-corrected chi connectivity index (χ2v) is 38.8. The Balaban J connectivity index is 2.82. The maximum absolute atomic E-state index is 12.4. The Morgan fingerprint density at radius 2 is 1.22 bits per heavy atom. The molecule has 0 aliphatic carbocycles. The SMILES string of the molecule is COC(=O)CC1CC[C@@H]2O[C@@H]([C@H](C=C[Si](C)(C)C)O[Si](C)(C)C(C)(C)C)[C@@H](O[Si](C)(C)C(C)(C)C)[C@@H](O[Si](C)(C)C(C)(C)C)[C@H]2O1. The van der Waals surface area contributed by atoms with E-state index in [-0.39, 0.29) is 64.1 Å². The van der Waals surface area contributed by atoms with Crippen molar-refractivity contribution in [1.29, 1.82) is 0 Å². The minimum absolute atomic E-state index is 0.0211. The summed E-state index contributed by atoms with van der Waals surface area (Å²) in [6.45, 7) is 41.5. The maximum Gasteiger partial charge on any atom is 0.308 e. The molecule has 0 N–H and O–H groups in total. The fourth-order valence-corrected chi connectivity index (χ4v) is 9.70. The van der Waals surface area contributed by atoms with Crippen LogP contribution in [0.2, 0.25) is 74.0 Å². The minimum atomic E-state index is -2.34. The lowest BCUT2D eigenvalue weighted by molar-refractivity contribution is -0.266. The van der Waals surface area contributed by atoms with Crippen LogP contribution in [0, 0.1) is 0 Å². The molecule has 46 heavy (non-hydrogen) atoms. The summed E-state index contributed by atoms with van der Waals surface area (Å²) >= 11 is 0. The highest BCUT2D eigenvalue weighted by Crippen LogP contribution is 2.47. The Bertz CT molecular complexity index is 1050. The van der Waals surface area contributed by atoms with E-state index in [1.54, 1.807) is 0 Å². The average Bonchev–Trinajstić information content (AvgIpc) is 2.85. The van der Waals surface area contributed by atoms with Gasteiger partial charge in [0.15, 0.2) is 25.0 Å². The quantitative estimate of drug-likeness (QED) is 0.156. The molecule has 1 unspecified atom stereocenters. The van der Waals surface area contributed by atoms with Gasteiger partial charge in [0.2, 0.25) is 0 Å². The molecule has 2 heterocycles. The number of hydrogen-bond donors (Lipinski definition) is 0. The molecule has 2 fully saturated rings. The van der Waals surface area contributed by atoms with Crippen molar-refractivity contribution in [1.82, 2.24) is 0 Å². The Morgan fingerprint density at radius 3 is 1.65 bits per heavy atom. The van der Waals surface area contributed by atoms with Gasteiger partial charge in [-0.15, -0.1) is 0 Å². The van der Waals surface area contributed by atoms with Crippen molar-refractivity contribution in [3.63, 3.8) is 0 Å². The van der Waals surface area contributed by atoms with Gasteiger partial charge >= 0.3 is 5.97 Å². The van der Waals surface area contributed by atoms with E-state index in [2.05, 4.69) is 133 Å². The minimum Gasteiger partial charge on any atom is -0.469 e. The summed E-state index contributed by atoms with van der Waals surface area (Å²) in [6, 6.07) is 0. The van der Waals surface area contributed by atoms with Crippen LogP contribution >= 0.6 is 0 Å². The third-order valence-electron chi connectivity index (χ3n) is 11.2. The van der Waals surface area contributed by atoms with Crippen LogP contribution in [0.3, 0.4) is 0 Å². The maximum atomic E-state index is 12.4. The van der Waals surface area contributed by atoms with E-state index < -0.39 is 39.1 Å². The molecule has 7 atom stereocenters. The first-order chi connectivity index (χ1) is 20.4. The fourth-order valence-electron chi connectivity index (χ4n) is 5.08. The highest BCUT2D eigenvalue weighted by atomic mass is 28.4. The number of hydrogen-bond acceptors (Lipinski definition) is 7. The van der Waals surface area contributed by atoms with Crippen LogP contribution in [0.4, 0.5) is 0 Å². The number of fused-ring (bicyclic) bond motifs is 1. The molecule has 2 aliphatic heterocycles. The van der Waals surface area contributed by atoms with Gasteiger partial charge in [0, 0.05) is 0 Å². The second-order valence-electron chi connectivity index (χ2n) is 19.5. The third-order valence-corrected chi connectivity index (χ3v) is 25.8. The molecule has 0 spiro atoms. The first-order valence-electron chi connectivity index (χ1n) is 17.5. The number of ether oxygens (including phenoxy) is 3. The molecule has 0 bridgehead atoms. The molecular weight excluding hydrogens is 645 g/mol. The smallest absolute Gasteiger partial charge is 0.308 e. The molecule has 0 aromatic heterocycles. The van der Waals surface area contributed by atoms with Gasteiger partial charge in [-0.25, -0.2) is 0 Å². The van der Waals surface area contributed by atoms with E-state index >= 15 is 0 Å². The zero-order valence-electron chi connectivity index (χ0n) is 33.2. The Morgan fingerprint density at radius 1 is 0.739 bits per heavy atom. The van der Waals surface area contributed by atoms with Gasteiger partial charge in [-0.05, 0) is 67.2 Å². The first-order valence-corrected chi connectivity index (χ1v) is 29.8. The highest BCUT2D eigenvalue weighted by Gasteiger charge is 2.57. The summed E-state index contributed by atoms with van der Waals surface area (Å²) in [5.74, 6) is -0.256. The number of rotatable bonds is 11. The molecule has 2 rings (SSSR count). The summed E-state index contributed by atoms with van der Waals surface area (Å²) < 4.78 is 41.3. The van der Waals surface area contributed by atoms with Crippen molar-refractivity contribution >= 4 is 39.0 Å². The number of carbonyl (C=O) groups excluding carboxylic acids is 1. The zero-order chi connectivity index (χ0) is 35.9. The summed E-state index contributed by atoms with van der Waals surface area (Å²) in [6.07, 6.45) is 1.77. The van der Waals surface area contributed by atoms with Gasteiger partial charge in [-0.2, -0.15) is 0 Å². The van der Waals surface area contributed by atoms with Gasteiger partial charge in [-0.3, -0.25) is 4.79 Å². The van der Waals surface area contributed by atoms with Gasteiger partial charge < -0.3 is 27.5 Å². The van der Waals surface area contributed by atoms with E-state index in [1.165, 1.54) is 7.11 Å². The highest BCUT2D eigenvalue weighted by molar-refractivity contribution is 6.81. The van der Waals surface area contributed by atoms with Crippen molar-refractivity contribution in [2.24, 2.45) is 0 Å². The lowest BCUT2D eigenvalue weighted by Gasteiger charge is -2.56. The van der Waals surface area contributed by atoms with Gasteiger partial charge in [0.1, 0.15) is 24.4 Å². The van der Waals surface area contributed by atoms with Crippen LogP contribution in [0.5, 0.6) is 0 Å². The van der Waals surface area contributed by atoms with Crippen LogP contribution in [0.1, 0.15) is 81.6 Å². The van der Waals surface area contributed by atoms with Crippen molar-refractivity contribution in [2.75, 3.05) is 7.11 Å². The Kier molecular flexibility index (Phi) is 13.4. The molecule has 0 radical (unpaired) electrons. The van der Waals surface area contributed by atoms with Crippen molar-refractivity contribution in [2.45, 2.75) is 198 Å². The second kappa shape index (κ2) is 14.6. The molecule has 270 valence electrons. The van der Waals surface area contributed by atoms with Gasteiger partial charge in [0.25, 0.3) is 0 Å². The van der Waals surface area contributed by atoms with E-state index in [0.29, 0.717) is 0 Å². The van der Waals surface area contributed by atoms with E-state index in [4.69, 9.17) is 27.5 Å². The van der Waals surface area contributed by atoms with E-state index in [9.17, 15) is 4.79 Å². The predicted octanol–water partition coefficient (Wildman–Crippen LogP) is 9.47. The lowest BCUT2D eigenvalue weighted by atomic mass is 9.87. The van der Waals surface area contributed by atoms with Crippen LogP contribution < -0.4 is 0 Å². The van der Waals surface area contributed by atoms with Crippen molar-refractivity contribution < 1.29 is 32.3 Å². The Hall–Kier alpha value is -0.122. The predicted molar refractivity (Wildman–Crippen MR) is 202 cm³/mol. The van der Waals surface area contributed by atoms with Crippen LogP contribution in [0.25, 0.3) is 0 Å². The number of methoxy groups -OCH3 is 1. The topological polar surface area (TPSA) is 72.5 Å². The average molecular weight is 717 g/mol. The number of esters is 1. The normalized spacial score (nSPS) is 28.2. The summed E-state index contributed by atoms with van der Waals surface area (Å²) in [7, 11) is -7.01. The standard InChI is InChI=1S/C35H72O7Si4/c1-33(2,3)44(14,15)40-27(22-23-43(11,12)13)30-32(42-46(18,19)35(7,8)9)31(41-45(16,17)34(4,5)6)29-26(39-30)21-20-25(38-29)24-28(36)37-10/h22-23,25-27,29-32H,20-21,24H2,1-19H3/t25?,26-,27-,29-,30-,31-,32+/m0/s1. The molecule has 0 aromatic carbocycles. The summed E-state index contributed by atoms with van der Waals surface area (Å²) in [5, 5.41) is -0.0231. The summed E-state index contributed by atoms with van der Waals surface area (Å²) in [4.78, 5) is 12.4. The largest absolute Gasteiger partial charge is 0.469 e. The zero-order valence-corrected chi connectivity index (χ0v) is 37.2. The monoisotopic (exact) mass is 716 g/mol. The van der Waals surface area contributed by atoms with Crippen LogP contribution in [0.15, 0.2) is 11.8 Å². The fraction of sp³-hybridized carbons (Fsp3) is 0.914. The Labute approximate surface area is 287 Å². The molecular formula is C35H72O7Si4. The summed E-state index contributed by atoms with van der Waals surface area (Å²) in [5.41, 5.74) is 2.40. The van der Waals surface area contributed by atoms with Gasteiger partial charge in [0.05, 0.1) is 39.9 Å².